The first-order valence-electron chi connectivity index (χ1n) is 13.5. The Morgan fingerprint density at radius 2 is 1.57 bits per heavy atom. The van der Waals surface area contributed by atoms with Crippen molar-refractivity contribution in [3.8, 4) is 0 Å². The van der Waals surface area contributed by atoms with E-state index < -0.39 is 34.4 Å². The van der Waals surface area contributed by atoms with Crippen molar-refractivity contribution in [1.29, 1.82) is 0 Å². The predicted molar refractivity (Wildman–Crippen MR) is 148 cm³/mol. The summed E-state index contributed by atoms with van der Waals surface area (Å²) in [6, 6.07) is 8.19. The maximum absolute atomic E-state index is 13.8. The highest BCUT2D eigenvalue weighted by Gasteiger charge is 2.37. The molecule has 0 fully saturated rings. The van der Waals surface area contributed by atoms with Crippen LogP contribution in [-0.4, -0.2) is 57.4 Å². The lowest BCUT2D eigenvalue weighted by Crippen LogP contribution is -2.43. The molecule has 4 unspecified atom stereocenters. The Bertz CT molecular complexity index is 853. The normalized spacial score (nSPS) is 17.5. The van der Waals surface area contributed by atoms with E-state index in [2.05, 4.69) is 6.92 Å². The Morgan fingerprint density at radius 1 is 1.00 bits per heavy atom. The van der Waals surface area contributed by atoms with Gasteiger partial charge in [0.15, 0.2) is 6.36 Å². The molecule has 7 atom stereocenters. The number of ether oxygens (including phenoxy) is 2. The molecule has 0 heterocycles. The van der Waals surface area contributed by atoms with Crippen molar-refractivity contribution in [2.75, 3.05) is 20.2 Å². The SMILES string of the molecule is CC.COC(=O)C(C)C(OC(C)F)C(C)[C@@H](C)[C@@H](C)C[C@@H](C)N(CCCCN)S(=O)(=O)c1ccccc1. The Labute approximate surface area is 225 Å². The molecule has 9 heteroatoms. The van der Waals surface area contributed by atoms with Crippen LogP contribution in [0.5, 0.6) is 0 Å². The van der Waals surface area contributed by atoms with Gasteiger partial charge in [-0.05, 0) is 76.5 Å². The summed E-state index contributed by atoms with van der Waals surface area (Å²) in [5.74, 6) is -1.14. The van der Waals surface area contributed by atoms with Crippen molar-refractivity contribution in [3.05, 3.63) is 30.3 Å². The number of halogens is 1. The van der Waals surface area contributed by atoms with Gasteiger partial charge in [0.25, 0.3) is 0 Å². The minimum atomic E-state index is -3.68. The van der Waals surface area contributed by atoms with Crippen LogP contribution in [0.1, 0.15) is 74.7 Å². The highest BCUT2D eigenvalue weighted by atomic mass is 32.2. The molecule has 1 aromatic carbocycles. The molecule has 7 nitrogen and oxygen atoms in total. The number of methoxy groups -OCH3 is 1. The zero-order chi connectivity index (χ0) is 28.8. The average molecular weight is 547 g/mol. The number of hydrogen-bond acceptors (Lipinski definition) is 6. The first-order chi connectivity index (χ1) is 17.4. The zero-order valence-corrected chi connectivity index (χ0v) is 25.1. The van der Waals surface area contributed by atoms with E-state index in [1.807, 2.05) is 34.6 Å². The summed E-state index contributed by atoms with van der Waals surface area (Å²) in [6.45, 7) is 15.8. The summed E-state index contributed by atoms with van der Waals surface area (Å²) in [5.41, 5.74) is 5.64. The number of alkyl halides is 1. The third-order valence-electron chi connectivity index (χ3n) is 7.04. The minimum absolute atomic E-state index is 0.0265. The van der Waals surface area contributed by atoms with Gasteiger partial charge in [-0.25, -0.2) is 12.8 Å². The minimum Gasteiger partial charge on any atom is -0.469 e. The molecule has 0 aliphatic heterocycles. The van der Waals surface area contributed by atoms with E-state index in [4.69, 9.17) is 15.2 Å². The number of carbonyl (C=O) groups excluding carboxylic acids is 1. The highest BCUT2D eigenvalue weighted by Crippen LogP contribution is 2.33. The molecular weight excluding hydrogens is 495 g/mol. The molecule has 0 aromatic heterocycles. The average Bonchev–Trinajstić information content (AvgIpc) is 2.89. The molecule has 1 aromatic rings. The van der Waals surface area contributed by atoms with E-state index >= 15 is 0 Å². The summed E-state index contributed by atoms with van der Waals surface area (Å²) >= 11 is 0. The van der Waals surface area contributed by atoms with Gasteiger partial charge in [0, 0.05) is 12.6 Å². The topological polar surface area (TPSA) is 98.9 Å². The van der Waals surface area contributed by atoms with Crippen LogP contribution in [0.3, 0.4) is 0 Å². The first kappa shape index (κ1) is 35.5. The number of nitrogens with two attached hydrogens (primary N) is 1. The van der Waals surface area contributed by atoms with Crippen LogP contribution in [-0.2, 0) is 24.3 Å². The monoisotopic (exact) mass is 546 g/mol. The Morgan fingerprint density at radius 3 is 2.05 bits per heavy atom. The van der Waals surface area contributed by atoms with Crippen molar-refractivity contribution in [3.63, 3.8) is 0 Å². The second-order valence-corrected chi connectivity index (χ2v) is 11.6. The van der Waals surface area contributed by atoms with Crippen LogP contribution in [0.4, 0.5) is 4.39 Å². The largest absolute Gasteiger partial charge is 0.469 e. The van der Waals surface area contributed by atoms with E-state index in [0.29, 0.717) is 25.9 Å². The van der Waals surface area contributed by atoms with Gasteiger partial charge in [0.05, 0.1) is 24.0 Å². The molecule has 1 rings (SSSR count). The fourth-order valence-electron chi connectivity index (χ4n) is 4.64. The highest BCUT2D eigenvalue weighted by molar-refractivity contribution is 7.89. The number of benzene rings is 1. The summed E-state index contributed by atoms with van der Waals surface area (Å²) in [7, 11) is -2.37. The summed E-state index contributed by atoms with van der Waals surface area (Å²) < 4.78 is 52.7. The van der Waals surface area contributed by atoms with Gasteiger partial charge in [0.2, 0.25) is 10.0 Å². The smallest absolute Gasteiger partial charge is 0.311 e. The van der Waals surface area contributed by atoms with Crippen molar-refractivity contribution in [2.45, 2.75) is 98.1 Å². The van der Waals surface area contributed by atoms with Gasteiger partial charge in [0.1, 0.15) is 0 Å². The van der Waals surface area contributed by atoms with Gasteiger partial charge in [-0.1, -0.05) is 52.8 Å². The van der Waals surface area contributed by atoms with Gasteiger partial charge < -0.3 is 15.2 Å². The predicted octanol–water partition coefficient (Wildman–Crippen LogP) is 5.64. The molecule has 0 radical (unpaired) electrons. The number of carbonyl (C=O) groups is 1. The number of unbranched alkanes of at least 4 members (excludes halogenated alkanes) is 1. The molecule has 216 valence electrons. The number of sulfonamides is 1. The van der Waals surface area contributed by atoms with E-state index in [-0.39, 0.29) is 28.7 Å². The molecule has 37 heavy (non-hydrogen) atoms. The lowest BCUT2D eigenvalue weighted by molar-refractivity contribution is -0.164. The van der Waals surface area contributed by atoms with Gasteiger partial charge >= 0.3 is 5.97 Å². The second-order valence-electron chi connectivity index (χ2n) is 9.66. The van der Waals surface area contributed by atoms with Crippen molar-refractivity contribution < 1.29 is 27.1 Å². The molecule has 0 bridgehead atoms. The van der Waals surface area contributed by atoms with Crippen molar-refractivity contribution >= 4 is 16.0 Å². The molecule has 0 aliphatic carbocycles. The Hall–Kier alpha value is -1.55. The Balaban J connectivity index is 0.00000631. The van der Waals surface area contributed by atoms with Crippen molar-refractivity contribution in [2.24, 2.45) is 29.4 Å². The third-order valence-corrected chi connectivity index (χ3v) is 9.07. The maximum atomic E-state index is 13.8. The fraction of sp³-hybridized carbons (Fsp3) is 0.750. The van der Waals surface area contributed by atoms with Crippen LogP contribution >= 0.6 is 0 Å². The number of esters is 1. The number of nitrogens with zero attached hydrogens (tertiary/aromatic N) is 1. The van der Waals surface area contributed by atoms with E-state index in [0.717, 1.165) is 6.42 Å². The van der Waals surface area contributed by atoms with Gasteiger partial charge in [-0.15, -0.1) is 0 Å². The molecule has 0 saturated carbocycles. The quantitative estimate of drug-likeness (QED) is 0.213. The van der Waals surface area contributed by atoms with Crippen LogP contribution in [0, 0.1) is 23.7 Å². The number of rotatable bonds is 16. The molecular formula is C28H51FN2O5S. The lowest BCUT2D eigenvalue weighted by Gasteiger charge is -2.37. The van der Waals surface area contributed by atoms with Crippen LogP contribution in [0.2, 0.25) is 0 Å². The third kappa shape index (κ3) is 11.0. The standard InChI is InChI=1S/C26H45FN2O5S.C2H6/c1-18(20(3)21(4)25(34-23(6)27)22(5)26(30)33-7)17-19(2)29(16-12-11-15-28)35(31,32)24-13-9-8-10-14-24;1-2/h8-10,13-14,18-23,25H,11-12,15-17,28H2,1-7H3;1-2H3/t18-,19+,20-,21?,22?,23?,25?;/m0./s1. The fourth-order valence-corrected chi connectivity index (χ4v) is 6.34. The zero-order valence-electron chi connectivity index (χ0n) is 24.3. The Kier molecular flexibility index (Phi) is 17.1. The molecule has 0 aliphatic rings. The van der Waals surface area contributed by atoms with Crippen LogP contribution < -0.4 is 5.73 Å². The lowest BCUT2D eigenvalue weighted by atomic mass is 9.76. The van der Waals surface area contributed by atoms with Gasteiger partial charge in [-0.2, -0.15) is 4.31 Å². The van der Waals surface area contributed by atoms with E-state index in [1.165, 1.54) is 14.0 Å². The van der Waals surface area contributed by atoms with E-state index in [1.54, 1.807) is 41.6 Å². The van der Waals surface area contributed by atoms with E-state index in [9.17, 15) is 17.6 Å². The second kappa shape index (κ2) is 17.9. The molecule has 0 saturated heterocycles. The first-order valence-corrected chi connectivity index (χ1v) is 15.0. The van der Waals surface area contributed by atoms with Crippen molar-refractivity contribution in [1.82, 2.24) is 4.31 Å². The summed E-state index contributed by atoms with van der Waals surface area (Å²) in [4.78, 5) is 12.4. The number of hydrogen-bond donors (Lipinski definition) is 1. The molecule has 2 N–H and O–H groups in total. The maximum Gasteiger partial charge on any atom is 0.311 e. The van der Waals surface area contributed by atoms with Gasteiger partial charge in [-0.3, -0.25) is 4.79 Å². The molecule has 0 spiro atoms. The van der Waals surface area contributed by atoms with Crippen LogP contribution in [0.25, 0.3) is 0 Å². The molecule has 0 amide bonds. The summed E-state index contributed by atoms with van der Waals surface area (Å²) in [6.07, 6.45) is -0.171. The van der Waals surface area contributed by atoms with Crippen LogP contribution in [0.15, 0.2) is 35.2 Å². The summed E-state index contributed by atoms with van der Waals surface area (Å²) in [5, 5.41) is 0.